The number of aryl methyl sites for hydroxylation is 1. The Balaban J connectivity index is 1.80. The summed E-state index contributed by atoms with van der Waals surface area (Å²) in [5.41, 5.74) is 2.73. The Morgan fingerprint density at radius 3 is 2.88 bits per heavy atom. The van der Waals surface area contributed by atoms with Crippen molar-refractivity contribution in [1.29, 1.82) is 0 Å². The van der Waals surface area contributed by atoms with E-state index in [1.54, 1.807) is 11.0 Å². The Morgan fingerprint density at radius 1 is 1.36 bits per heavy atom. The monoisotopic (exact) mass is 347 g/mol. The van der Waals surface area contributed by atoms with Gasteiger partial charge in [-0.05, 0) is 36.1 Å². The maximum atomic E-state index is 12.1. The average molecular weight is 347 g/mol. The van der Waals surface area contributed by atoms with Crippen molar-refractivity contribution < 1.29 is 24.2 Å². The summed E-state index contributed by atoms with van der Waals surface area (Å²) in [6.45, 7) is 0.717. The van der Waals surface area contributed by atoms with Crippen molar-refractivity contribution in [2.75, 3.05) is 31.6 Å². The average Bonchev–Trinajstić information content (AvgIpc) is 2.89. The van der Waals surface area contributed by atoms with E-state index in [1.807, 2.05) is 12.1 Å². The highest BCUT2D eigenvalue weighted by atomic mass is 16.6. The van der Waals surface area contributed by atoms with Gasteiger partial charge in [-0.25, -0.2) is 4.79 Å². The van der Waals surface area contributed by atoms with E-state index in [-0.39, 0.29) is 18.4 Å². The van der Waals surface area contributed by atoms with Crippen LogP contribution in [0.3, 0.4) is 0 Å². The molecule has 8 heteroatoms. The summed E-state index contributed by atoms with van der Waals surface area (Å²) in [6.07, 6.45) is 0.210. The van der Waals surface area contributed by atoms with Gasteiger partial charge in [0.15, 0.2) is 6.10 Å². The van der Waals surface area contributed by atoms with Gasteiger partial charge in [0.05, 0.1) is 6.54 Å². The van der Waals surface area contributed by atoms with Gasteiger partial charge in [0.1, 0.15) is 6.61 Å². The largest absolute Gasteiger partial charge is 0.434 e. The van der Waals surface area contributed by atoms with Crippen LogP contribution < -0.4 is 10.2 Å². The van der Waals surface area contributed by atoms with Gasteiger partial charge in [-0.1, -0.05) is 6.07 Å². The molecule has 8 nitrogen and oxygen atoms in total. The molecule has 3 rings (SSSR count). The number of rotatable bonds is 3. The smallest absolute Gasteiger partial charge is 0.415 e. The van der Waals surface area contributed by atoms with Crippen LogP contribution in [0.4, 0.5) is 10.5 Å². The summed E-state index contributed by atoms with van der Waals surface area (Å²) in [4.78, 5) is 38.6. The first kappa shape index (κ1) is 17.2. The van der Waals surface area contributed by atoms with E-state index in [9.17, 15) is 14.4 Å². The number of nitrogens with one attached hydrogen (secondary N) is 1. The molecule has 2 aliphatic heterocycles. The number of hydrogen-bond donors (Lipinski definition) is 2. The molecule has 1 atom stereocenters. The number of hydrogen-bond acceptors (Lipinski definition) is 5. The van der Waals surface area contributed by atoms with Crippen molar-refractivity contribution in [1.82, 2.24) is 10.2 Å². The maximum Gasteiger partial charge on any atom is 0.415 e. The lowest BCUT2D eigenvalue weighted by molar-refractivity contribution is -0.134. The second-order valence-electron chi connectivity index (χ2n) is 6.13. The third kappa shape index (κ3) is 3.43. The normalized spacial score (nSPS) is 19.9. The fourth-order valence-corrected chi connectivity index (χ4v) is 3.20. The molecule has 2 aliphatic rings. The lowest BCUT2D eigenvalue weighted by Gasteiger charge is -2.20. The molecule has 1 aromatic rings. The van der Waals surface area contributed by atoms with Crippen LogP contribution in [0.5, 0.6) is 0 Å². The second-order valence-corrected chi connectivity index (χ2v) is 6.13. The zero-order valence-electron chi connectivity index (χ0n) is 14.0. The van der Waals surface area contributed by atoms with Crippen molar-refractivity contribution >= 4 is 23.6 Å². The number of cyclic esters (lactones) is 1. The first-order chi connectivity index (χ1) is 12.0. The van der Waals surface area contributed by atoms with E-state index in [2.05, 4.69) is 5.32 Å². The Labute approximate surface area is 145 Å². The minimum atomic E-state index is -0.811. The number of carbonyl (C=O) groups excluding carboxylic acids is 3. The van der Waals surface area contributed by atoms with Crippen LogP contribution >= 0.6 is 0 Å². The summed E-state index contributed by atoms with van der Waals surface area (Å²) in [6, 6.07) is 5.59. The van der Waals surface area contributed by atoms with Crippen molar-refractivity contribution in [3.8, 4) is 0 Å². The SMILES string of the molecule is CNC(=O)[C@H]1CN(c2ccc3c(c2)CCCN(C(=O)CO)C3)C(=O)O1. The number of amides is 3. The van der Waals surface area contributed by atoms with Crippen LogP contribution in [0.2, 0.25) is 0 Å². The summed E-state index contributed by atoms with van der Waals surface area (Å²) in [5.74, 6) is -0.614. The molecule has 0 aromatic heterocycles. The number of likely N-dealkylation sites (N-methyl/N-ethyl adjacent to an activating group) is 1. The summed E-state index contributed by atoms with van der Waals surface area (Å²) in [5, 5.41) is 11.5. The van der Waals surface area contributed by atoms with Crippen molar-refractivity contribution in [2.45, 2.75) is 25.5 Å². The lowest BCUT2D eigenvalue weighted by atomic mass is 10.0. The van der Waals surface area contributed by atoms with E-state index in [4.69, 9.17) is 9.84 Å². The minimum Gasteiger partial charge on any atom is -0.434 e. The van der Waals surface area contributed by atoms with Crippen LogP contribution in [0.15, 0.2) is 18.2 Å². The van der Waals surface area contributed by atoms with E-state index in [1.165, 1.54) is 11.9 Å². The highest BCUT2D eigenvalue weighted by Gasteiger charge is 2.36. The topological polar surface area (TPSA) is 99.2 Å². The molecule has 0 bridgehead atoms. The number of aliphatic hydroxyl groups excluding tert-OH is 1. The number of carbonyl (C=O) groups is 3. The summed E-state index contributed by atoms with van der Waals surface area (Å²) in [7, 11) is 1.50. The molecule has 0 spiro atoms. The third-order valence-electron chi connectivity index (χ3n) is 4.58. The van der Waals surface area contributed by atoms with E-state index in [0.29, 0.717) is 18.8 Å². The van der Waals surface area contributed by atoms with Crippen LogP contribution in [0.1, 0.15) is 17.5 Å². The first-order valence-electron chi connectivity index (χ1n) is 8.23. The van der Waals surface area contributed by atoms with Crippen LogP contribution in [-0.2, 0) is 27.3 Å². The lowest BCUT2D eigenvalue weighted by Crippen LogP contribution is -2.35. The fourth-order valence-electron chi connectivity index (χ4n) is 3.20. The quantitative estimate of drug-likeness (QED) is 0.803. The molecular weight excluding hydrogens is 326 g/mol. The predicted molar refractivity (Wildman–Crippen MR) is 88.9 cm³/mol. The number of ether oxygens (including phenoxy) is 1. The second kappa shape index (κ2) is 7.10. The molecule has 3 amide bonds. The van der Waals surface area contributed by atoms with Crippen molar-refractivity contribution in [3.05, 3.63) is 29.3 Å². The van der Waals surface area contributed by atoms with Gasteiger partial charge in [0.25, 0.3) is 5.91 Å². The standard InChI is InChI=1S/C17H21N3O5/c1-18-16(23)14-9-20(17(24)25-14)13-5-4-12-8-19(15(22)10-21)6-2-3-11(12)7-13/h4-5,7,14,21H,2-3,6,8-10H2,1H3,(H,18,23)/t14-/m1/s1. The van der Waals surface area contributed by atoms with E-state index in [0.717, 1.165) is 24.0 Å². The summed E-state index contributed by atoms with van der Waals surface area (Å²) < 4.78 is 5.11. The molecule has 25 heavy (non-hydrogen) atoms. The molecule has 1 aromatic carbocycles. The Kier molecular flexibility index (Phi) is 4.89. The third-order valence-corrected chi connectivity index (χ3v) is 4.58. The minimum absolute atomic E-state index is 0.173. The van der Waals surface area contributed by atoms with Crippen molar-refractivity contribution in [3.63, 3.8) is 0 Å². The molecule has 1 fully saturated rings. The summed E-state index contributed by atoms with van der Waals surface area (Å²) >= 11 is 0. The van der Waals surface area contributed by atoms with Gasteiger partial charge in [-0.2, -0.15) is 0 Å². The Hall–Kier alpha value is -2.61. The van der Waals surface area contributed by atoms with Gasteiger partial charge in [0.2, 0.25) is 5.91 Å². The highest BCUT2D eigenvalue weighted by Crippen LogP contribution is 2.27. The number of anilines is 1. The highest BCUT2D eigenvalue weighted by molar-refractivity contribution is 5.95. The Morgan fingerprint density at radius 2 is 2.16 bits per heavy atom. The molecule has 0 saturated carbocycles. The molecule has 0 radical (unpaired) electrons. The number of aliphatic hydroxyl groups is 1. The van der Waals surface area contributed by atoms with Gasteiger partial charge in [-0.15, -0.1) is 0 Å². The molecule has 134 valence electrons. The van der Waals surface area contributed by atoms with E-state index >= 15 is 0 Å². The molecule has 2 heterocycles. The molecular formula is C17H21N3O5. The zero-order chi connectivity index (χ0) is 18.0. The van der Waals surface area contributed by atoms with Crippen LogP contribution in [0.25, 0.3) is 0 Å². The predicted octanol–water partition coefficient (Wildman–Crippen LogP) is 0.0249. The van der Waals surface area contributed by atoms with Crippen LogP contribution in [-0.4, -0.2) is 60.8 Å². The van der Waals surface area contributed by atoms with Gasteiger partial charge in [-0.3, -0.25) is 14.5 Å². The first-order valence-corrected chi connectivity index (χ1v) is 8.23. The molecule has 0 unspecified atom stereocenters. The Bertz CT molecular complexity index is 706. The van der Waals surface area contributed by atoms with Crippen molar-refractivity contribution in [2.24, 2.45) is 0 Å². The zero-order valence-corrected chi connectivity index (χ0v) is 14.0. The number of fused-ring (bicyclic) bond motifs is 1. The maximum absolute atomic E-state index is 12.1. The fraction of sp³-hybridized carbons (Fsp3) is 0.471. The molecule has 1 saturated heterocycles. The molecule has 2 N–H and O–H groups in total. The van der Waals surface area contributed by atoms with E-state index < -0.39 is 18.8 Å². The van der Waals surface area contributed by atoms with Gasteiger partial charge < -0.3 is 20.1 Å². The molecule has 0 aliphatic carbocycles. The number of nitrogens with zero attached hydrogens (tertiary/aromatic N) is 2. The van der Waals surface area contributed by atoms with Gasteiger partial charge in [0, 0.05) is 25.8 Å². The number of benzene rings is 1. The van der Waals surface area contributed by atoms with Gasteiger partial charge >= 0.3 is 6.09 Å². The van der Waals surface area contributed by atoms with Crippen LogP contribution in [0, 0.1) is 0 Å².